The summed E-state index contributed by atoms with van der Waals surface area (Å²) in [7, 11) is 0.431. The van der Waals surface area contributed by atoms with Crippen molar-refractivity contribution in [3.05, 3.63) is 48.1 Å². The van der Waals surface area contributed by atoms with Crippen LogP contribution in [0.25, 0.3) is 0 Å². The first-order chi connectivity index (χ1) is 15.7. The number of hydrogen-bond acceptors (Lipinski definition) is 10. The maximum Gasteiger partial charge on any atom is 0.229 e. The Morgan fingerprint density at radius 1 is 1.21 bits per heavy atom. The predicted molar refractivity (Wildman–Crippen MR) is 121 cm³/mol. The lowest BCUT2D eigenvalue weighted by Crippen LogP contribution is -2.33. The highest BCUT2D eigenvalue weighted by Gasteiger charge is 2.26. The molecule has 12 heteroatoms. The summed E-state index contributed by atoms with van der Waals surface area (Å²) in [6, 6.07) is 5.47. The molecule has 0 saturated carbocycles. The van der Waals surface area contributed by atoms with Gasteiger partial charge in [0.2, 0.25) is 5.89 Å². The lowest BCUT2D eigenvalue weighted by Gasteiger charge is -2.31. The van der Waals surface area contributed by atoms with E-state index in [9.17, 15) is 12.8 Å². The molecule has 10 nitrogen and oxygen atoms in total. The first kappa shape index (κ1) is 23.1. The van der Waals surface area contributed by atoms with Crippen LogP contribution in [0.2, 0.25) is 0 Å². The maximum absolute atomic E-state index is 14.4. The molecule has 1 N–H and O–H groups in total. The third kappa shape index (κ3) is 5.63. The first-order valence-electron chi connectivity index (χ1n) is 10.5. The van der Waals surface area contributed by atoms with Crippen LogP contribution in [-0.2, 0) is 16.4 Å². The summed E-state index contributed by atoms with van der Waals surface area (Å²) < 4.78 is 43.1. The number of benzene rings is 1. The minimum absolute atomic E-state index is 0.0770. The topological polar surface area (TPSA) is 117 Å². The molecule has 0 aliphatic carbocycles. The number of nitrogens with one attached hydrogen (secondary N) is 1. The second-order valence-corrected chi connectivity index (χ2v) is 10.4. The molecule has 3 heterocycles. The van der Waals surface area contributed by atoms with Crippen LogP contribution in [0.3, 0.4) is 0 Å². The van der Waals surface area contributed by atoms with E-state index in [1.54, 1.807) is 6.07 Å². The molecule has 176 valence electrons. The van der Waals surface area contributed by atoms with Crippen molar-refractivity contribution < 1.29 is 17.3 Å². The van der Waals surface area contributed by atoms with E-state index < -0.39 is 15.7 Å². The fourth-order valence-corrected chi connectivity index (χ4v) is 4.32. The number of sulfone groups is 1. The fourth-order valence-electron chi connectivity index (χ4n) is 3.69. The Bertz CT molecular complexity index is 1220. The van der Waals surface area contributed by atoms with Crippen molar-refractivity contribution in [2.24, 2.45) is 0 Å². The molecule has 1 aliphatic rings. The van der Waals surface area contributed by atoms with Crippen LogP contribution in [0, 0.1) is 5.82 Å². The summed E-state index contributed by atoms with van der Waals surface area (Å²) >= 11 is 0. The van der Waals surface area contributed by atoms with E-state index in [1.807, 2.05) is 19.0 Å². The minimum atomic E-state index is -3.48. The van der Waals surface area contributed by atoms with Gasteiger partial charge in [-0.2, -0.15) is 4.98 Å². The summed E-state index contributed by atoms with van der Waals surface area (Å²) in [6.45, 7) is 2.14. The molecule has 0 spiro atoms. The van der Waals surface area contributed by atoms with Crippen LogP contribution in [0.5, 0.6) is 0 Å². The number of halogens is 1. The van der Waals surface area contributed by atoms with Crippen LogP contribution >= 0.6 is 0 Å². The van der Waals surface area contributed by atoms with Crippen molar-refractivity contribution in [1.82, 2.24) is 25.0 Å². The van der Waals surface area contributed by atoms with Crippen LogP contribution in [0.15, 0.2) is 40.0 Å². The Labute approximate surface area is 191 Å². The molecule has 0 bridgehead atoms. The third-order valence-electron chi connectivity index (χ3n) is 5.39. The van der Waals surface area contributed by atoms with Gasteiger partial charge in [0.1, 0.15) is 23.8 Å². The molecular weight excluding hydrogens is 449 g/mol. The van der Waals surface area contributed by atoms with E-state index in [0.717, 1.165) is 44.1 Å². The van der Waals surface area contributed by atoms with Gasteiger partial charge in [-0.25, -0.2) is 22.8 Å². The number of piperidine rings is 1. The summed E-state index contributed by atoms with van der Waals surface area (Å²) in [5.41, 5.74) is 0.135. The zero-order valence-corrected chi connectivity index (χ0v) is 19.5. The van der Waals surface area contributed by atoms with Crippen LogP contribution in [0.4, 0.5) is 21.7 Å². The summed E-state index contributed by atoms with van der Waals surface area (Å²) in [5.74, 6) is 2.01. The molecule has 1 aliphatic heterocycles. The lowest BCUT2D eigenvalue weighted by atomic mass is 9.97. The van der Waals surface area contributed by atoms with Crippen molar-refractivity contribution in [2.45, 2.75) is 30.2 Å². The van der Waals surface area contributed by atoms with E-state index >= 15 is 0 Å². The number of hydrogen-bond donors (Lipinski definition) is 1. The van der Waals surface area contributed by atoms with Gasteiger partial charge in [0.05, 0.1) is 17.1 Å². The number of anilines is 3. The minimum Gasteiger partial charge on any atom is -0.356 e. The Kier molecular flexibility index (Phi) is 6.56. The van der Waals surface area contributed by atoms with Gasteiger partial charge in [-0.3, -0.25) is 0 Å². The normalized spacial score (nSPS) is 15.2. The molecule has 1 saturated heterocycles. The van der Waals surface area contributed by atoms with E-state index in [0.29, 0.717) is 24.1 Å². The summed E-state index contributed by atoms with van der Waals surface area (Å²) in [4.78, 5) is 17.1. The van der Waals surface area contributed by atoms with Crippen LogP contribution in [0.1, 0.15) is 30.5 Å². The second kappa shape index (κ2) is 9.40. The molecular formula is C21H26FN7O3S. The highest BCUT2D eigenvalue weighted by Crippen LogP contribution is 2.30. The first-order valence-corrected chi connectivity index (χ1v) is 12.4. The van der Waals surface area contributed by atoms with Crippen molar-refractivity contribution in [3.8, 4) is 0 Å². The average molecular weight is 476 g/mol. The Hall–Kier alpha value is -3.12. The van der Waals surface area contributed by atoms with Gasteiger partial charge in [-0.15, -0.1) is 0 Å². The van der Waals surface area contributed by atoms with Crippen LogP contribution < -0.4 is 10.2 Å². The van der Waals surface area contributed by atoms with Gasteiger partial charge in [0.25, 0.3) is 0 Å². The average Bonchev–Trinajstić information content (AvgIpc) is 3.22. The van der Waals surface area contributed by atoms with E-state index in [2.05, 4.69) is 30.3 Å². The molecule has 1 fully saturated rings. The van der Waals surface area contributed by atoms with E-state index in [1.165, 1.54) is 18.5 Å². The molecule has 3 aromatic rings. The van der Waals surface area contributed by atoms with Gasteiger partial charge >= 0.3 is 0 Å². The van der Waals surface area contributed by atoms with Gasteiger partial charge in [0, 0.05) is 31.3 Å². The van der Waals surface area contributed by atoms with E-state index in [4.69, 9.17) is 4.52 Å². The Morgan fingerprint density at radius 2 is 1.97 bits per heavy atom. The quantitative estimate of drug-likeness (QED) is 0.546. The van der Waals surface area contributed by atoms with Crippen molar-refractivity contribution in [3.63, 3.8) is 0 Å². The standard InChI is InChI=1S/C21H26FN7O3S/c1-28(2)12-19-26-21(32-27-19)14-6-8-29(9-7-14)20-11-18(23-13-24-20)25-17-5-4-15(10-16(17)22)33(3,30)31/h4-5,10-11,13-14H,6-9,12H2,1-3H3,(H,23,24,25). The molecule has 0 amide bonds. The predicted octanol–water partition coefficient (Wildman–Crippen LogP) is 2.59. The largest absolute Gasteiger partial charge is 0.356 e. The molecule has 0 atom stereocenters. The lowest BCUT2D eigenvalue weighted by molar-refractivity contribution is 0.319. The second-order valence-electron chi connectivity index (χ2n) is 8.35. The number of aromatic nitrogens is 4. The maximum atomic E-state index is 14.4. The van der Waals surface area contributed by atoms with Gasteiger partial charge in [-0.1, -0.05) is 5.16 Å². The number of nitrogens with zero attached hydrogens (tertiary/aromatic N) is 6. The fraction of sp³-hybridized carbons (Fsp3) is 0.429. The highest BCUT2D eigenvalue weighted by atomic mass is 32.2. The van der Waals surface area contributed by atoms with Crippen molar-refractivity contribution >= 4 is 27.2 Å². The van der Waals surface area contributed by atoms with Gasteiger partial charge in [0.15, 0.2) is 15.7 Å². The van der Waals surface area contributed by atoms with Crippen molar-refractivity contribution in [2.75, 3.05) is 43.7 Å². The Morgan fingerprint density at radius 3 is 2.64 bits per heavy atom. The summed E-state index contributed by atoms with van der Waals surface area (Å²) in [6.07, 6.45) is 4.14. The molecule has 1 aromatic carbocycles. The zero-order valence-electron chi connectivity index (χ0n) is 18.7. The molecule has 0 radical (unpaired) electrons. The SMILES string of the molecule is CN(C)Cc1noc(C2CCN(c3cc(Nc4ccc(S(C)(=O)=O)cc4F)ncn3)CC2)n1. The van der Waals surface area contributed by atoms with Gasteiger partial charge in [-0.05, 0) is 45.1 Å². The highest BCUT2D eigenvalue weighted by molar-refractivity contribution is 7.90. The smallest absolute Gasteiger partial charge is 0.229 e. The zero-order chi connectivity index (χ0) is 23.6. The molecule has 2 aromatic heterocycles. The van der Waals surface area contributed by atoms with Crippen LogP contribution in [-0.4, -0.2) is 66.9 Å². The molecule has 33 heavy (non-hydrogen) atoms. The van der Waals surface area contributed by atoms with Crippen molar-refractivity contribution in [1.29, 1.82) is 0 Å². The Balaban J connectivity index is 1.40. The van der Waals surface area contributed by atoms with Gasteiger partial charge < -0.3 is 19.6 Å². The molecule has 4 rings (SSSR count). The summed E-state index contributed by atoms with van der Waals surface area (Å²) in [5, 5.41) is 6.95. The monoisotopic (exact) mass is 475 g/mol. The number of rotatable bonds is 7. The molecule has 0 unspecified atom stereocenters. The van der Waals surface area contributed by atoms with E-state index in [-0.39, 0.29) is 16.5 Å². The third-order valence-corrected chi connectivity index (χ3v) is 6.50.